The summed E-state index contributed by atoms with van der Waals surface area (Å²) in [6.45, 7) is 9.37. The van der Waals surface area contributed by atoms with Gasteiger partial charge in [0.2, 0.25) is 0 Å². The number of esters is 1. The molecule has 0 bridgehead atoms. The number of ether oxygens (including phenoxy) is 1. The molecule has 1 aliphatic heterocycles. The van der Waals surface area contributed by atoms with Crippen molar-refractivity contribution in [2.45, 2.75) is 39.2 Å². The van der Waals surface area contributed by atoms with Gasteiger partial charge in [-0.3, -0.25) is 4.79 Å². The normalized spacial score (nSPS) is 25.3. The molecule has 1 fully saturated rings. The van der Waals surface area contributed by atoms with Crippen molar-refractivity contribution in [2.75, 3.05) is 33.3 Å². The molecule has 17 heavy (non-hydrogen) atoms. The minimum absolute atomic E-state index is 0.152. The van der Waals surface area contributed by atoms with Gasteiger partial charge >= 0.3 is 5.97 Å². The van der Waals surface area contributed by atoms with Gasteiger partial charge in [0.1, 0.15) is 5.54 Å². The smallest absolute Gasteiger partial charge is 0.327 e. The van der Waals surface area contributed by atoms with Crippen molar-refractivity contribution in [3.8, 4) is 0 Å². The maximum Gasteiger partial charge on any atom is 0.327 e. The third-order valence-electron chi connectivity index (χ3n) is 3.56. The maximum atomic E-state index is 11.9. The van der Waals surface area contributed by atoms with E-state index in [0.29, 0.717) is 6.61 Å². The molecule has 0 aromatic carbocycles. The van der Waals surface area contributed by atoms with Crippen molar-refractivity contribution in [2.24, 2.45) is 5.92 Å². The van der Waals surface area contributed by atoms with E-state index in [2.05, 4.69) is 17.1 Å². The van der Waals surface area contributed by atoms with Gasteiger partial charge in [0.25, 0.3) is 0 Å². The number of hydrogen-bond donors (Lipinski definition) is 1. The quantitative estimate of drug-likeness (QED) is 0.737. The van der Waals surface area contributed by atoms with Gasteiger partial charge in [0.05, 0.1) is 6.61 Å². The molecule has 1 saturated heterocycles. The Morgan fingerprint density at radius 2 is 2.29 bits per heavy atom. The summed E-state index contributed by atoms with van der Waals surface area (Å²) in [6, 6.07) is 0. The van der Waals surface area contributed by atoms with Crippen molar-refractivity contribution in [1.82, 2.24) is 10.2 Å². The predicted octanol–water partition coefficient (Wildman–Crippen LogP) is 1.26. The van der Waals surface area contributed by atoms with Crippen molar-refractivity contribution in [3.63, 3.8) is 0 Å². The summed E-state index contributed by atoms with van der Waals surface area (Å²) >= 11 is 0. The molecule has 1 heterocycles. The molecule has 1 rings (SSSR count). The largest absolute Gasteiger partial charge is 0.465 e. The SMILES string of the molecule is CCOC(=O)C(C)(CN1CCCC(C)C1)NC. The standard InChI is InChI=1S/C13H26N2O2/c1-5-17-12(16)13(3,14-4)10-15-8-6-7-11(2)9-15/h11,14H,5-10H2,1-4H3. The van der Waals surface area contributed by atoms with E-state index >= 15 is 0 Å². The van der Waals surface area contributed by atoms with E-state index in [9.17, 15) is 4.79 Å². The fourth-order valence-corrected chi connectivity index (χ4v) is 2.41. The summed E-state index contributed by atoms with van der Waals surface area (Å²) in [4.78, 5) is 14.3. The number of likely N-dealkylation sites (N-methyl/N-ethyl adjacent to an activating group) is 1. The molecule has 0 aliphatic carbocycles. The average molecular weight is 242 g/mol. The summed E-state index contributed by atoms with van der Waals surface area (Å²) in [6.07, 6.45) is 2.52. The number of piperidine rings is 1. The number of nitrogens with zero attached hydrogens (tertiary/aromatic N) is 1. The number of carbonyl (C=O) groups is 1. The number of likely N-dealkylation sites (tertiary alicyclic amines) is 1. The third kappa shape index (κ3) is 3.96. The summed E-state index contributed by atoms with van der Waals surface area (Å²) in [5, 5.41) is 3.11. The zero-order chi connectivity index (χ0) is 12.9. The highest BCUT2D eigenvalue weighted by Crippen LogP contribution is 2.18. The minimum atomic E-state index is -0.590. The van der Waals surface area contributed by atoms with E-state index < -0.39 is 5.54 Å². The first-order valence-corrected chi connectivity index (χ1v) is 6.60. The monoisotopic (exact) mass is 242 g/mol. The lowest BCUT2D eigenvalue weighted by atomic mass is 9.96. The van der Waals surface area contributed by atoms with Gasteiger partial charge in [-0.1, -0.05) is 6.92 Å². The second kappa shape index (κ2) is 6.36. The van der Waals surface area contributed by atoms with E-state index in [-0.39, 0.29) is 5.97 Å². The number of hydrogen-bond acceptors (Lipinski definition) is 4. The molecule has 2 atom stereocenters. The molecule has 0 aromatic rings. The molecule has 0 saturated carbocycles. The van der Waals surface area contributed by atoms with Crippen LogP contribution in [-0.2, 0) is 9.53 Å². The lowest BCUT2D eigenvalue weighted by Crippen LogP contribution is -2.57. The highest BCUT2D eigenvalue weighted by Gasteiger charge is 2.35. The second-order valence-corrected chi connectivity index (χ2v) is 5.29. The van der Waals surface area contributed by atoms with Crippen molar-refractivity contribution in [3.05, 3.63) is 0 Å². The molecule has 100 valence electrons. The van der Waals surface area contributed by atoms with Crippen molar-refractivity contribution in [1.29, 1.82) is 0 Å². The maximum absolute atomic E-state index is 11.9. The number of carbonyl (C=O) groups excluding carboxylic acids is 1. The van der Waals surface area contributed by atoms with E-state index in [4.69, 9.17) is 4.74 Å². The first-order chi connectivity index (χ1) is 8.01. The Morgan fingerprint density at radius 3 is 2.82 bits per heavy atom. The predicted molar refractivity (Wildman–Crippen MR) is 68.9 cm³/mol. The van der Waals surface area contributed by atoms with Crippen molar-refractivity contribution >= 4 is 5.97 Å². The van der Waals surface area contributed by atoms with Gasteiger partial charge in [0, 0.05) is 13.1 Å². The Bertz CT molecular complexity index is 258. The molecule has 0 aromatic heterocycles. The molecule has 2 unspecified atom stereocenters. The van der Waals surface area contributed by atoms with Crippen LogP contribution in [0.2, 0.25) is 0 Å². The van der Waals surface area contributed by atoms with Crippen LogP contribution in [-0.4, -0.2) is 49.7 Å². The molecule has 1 N–H and O–H groups in total. The van der Waals surface area contributed by atoms with Gasteiger partial charge in [-0.05, 0) is 46.2 Å². The van der Waals surface area contributed by atoms with Gasteiger partial charge in [-0.2, -0.15) is 0 Å². The molecular formula is C13H26N2O2. The minimum Gasteiger partial charge on any atom is -0.465 e. The lowest BCUT2D eigenvalue weighted by Gasteiger charge is -2.37. The molecule has 4 heteroatoms. The summed E-state index contributed by atoms with van der Waals surface area (Å²) in [5.41, 5.74) is -0.590. The van der Waals surface area contributed by atoms with Gasteiger partial charge < -0.3 is 15.0 Å². The van der Waals surface area contributed by atoms with E-state index in [1.807, 2.05) is 20.9 Å². The Morgan fingerprint density at radius 1 is 1.59 bits per heavy atom. The van der Waals surface area contributed by atoms with Crippen molar-refractivity contribution < 1.29 is 9.53 Å². The first-order valence-electron chi connectivity index (χ1n) is 6.60. The average Bonchev–Trinajstić information content (AvgIpc) is 2.29. The van der Waals surface area contributed by atoms with Crippen LogP contribution < -0.4 is 5.32 Å². The molecule has 0 spiro atoms. The lowest BCUT2D eigenvalue weighted by molar-refractivity contribution is -0.151. The van der Waals surface area contributed by atoms with Crippen LogP contribution in [0.4, 0.5) is 0 Å². The summed E-state index contributed by atoms with van der Waals surface area (Å²) < 4.78 is 5.14. The molecule has 4 nitrogen and oxygen atoms in total. The molecule has 0 amide bonds. The van der Waals surface area contributed by atoms with Crippen LogP contribution in [0.1, 0.15) is 33.6 Å². The van der Waals surface area contributed by atoms with Gasteiger partial charge in [-0.25, -0.2) is 0 Å². The zero-order valence-corrected chi connectivity index (χ0v) is 11.6. The van der Waals surface area contributed by atoms with Crippen LogP contribution in [0.3, 0.4) is 0 Å². The summed E-state index contributed by atoms with van der Waals surface area (Å²) in [7, 11) is 1.82. The Labute approximate surface area is 105 Å². The number of rotatable bonds is 5. The fourth-order valence-electron chi connectivity index (χ4n) is 2.41. The Hall–Kier alpha value is -0.610. The van der Waals surface area contributed by atoms with Crippen LogP contribution in [0.25, 0.3) is 0 Å². The first kappa shape index (κ1) is 14.5. The summed E-state index contributed by atoms with van der Waals surface area (Å²) in [5.74, 6) is 0.577. The fraction of sp³-hybridized carbons (Fsp3) is 0.923. The number of nitrogens with one attached hydrogen (secondary N) is 1. The highest BCUT2D eigenvalue weighted by molar-refractivity contribution is 5.80. The van der Waals surface area contributed by atoms with Gasteiger partial charge in [0.15, 0.2) is 0 Å². The zero-order valence-electron chi connectivity index (χ0n) is 11.6. The molecule has 1 aliphatic rings. The highest BCUT2D eigenvalue weighted by atomic mass is 16.5. The topological polar surface area (TPSA) is 41.6 Å². The third-order valence-corrected chi connectivity index (χ3v) is 3.56. The Kier molecular flexibility index (Phi) is 5.40. The van der Waals surface area contributed by atoms with Crippen LogP contribution >= 0.6 is 0 Å². The second-order valence-electron chi connectivity index (χ2n) is 5.29. The van der Waals surface area contributed by atoms with Crippen LogP contribution in [0, 0.1) is 5.92 Å². The van der Waals surface area contributed by atoms with E-state index in [1.54, 1.807) is 0 Å². The van der Waals surface area contributed by atoms with Gasteiger partial charge in [-0.15, -0.1) is 0 Å². The Balaban J connectivity index is 2.57. The molecular weight excluding hydrogens is 216 g/mol. The molecule has 0 radical (unpaired) electrons. The van der Waals surface area contributed by atoms with E-state index in [0.717, 1.165) is 25.6 Å². The van der Waals surface area contributed by atoms with Crippen LogP contribution in [0.15, 0.2) is 0 Å². The van der Waals surface area contributed by atoms with Crippen LogP contribution in [0.5, 0.6) is 0 Å². The van der Waals surface area contributed by atoms with E-state index in [1.165, 1.54) is 12.8 Å².